The van der Waals surface area contributed by atoms with Gasteiger partial charge in [-0.15, -0.1) is 0 Å². The highest BCUT2D eigenvalue weighted by Gasteiger charge is 2.13. The number of aliphatic carboxylic acids is 1. The Labute approximate surface area is 124 Å². The van der Waals surface area contributed by atoms with Crippen LogP contribution in [0.1, 0.15) is 29.8 Å². The fraction of sp³-hybridized carbons (Fsp3) is 0.375. The molecule has 0 heterocycles. The number of nitrogens with zero attached hydrogens (tertiary/aromatic N) is 1. The fourth-order valence-corrected chi connectivity index (χ4v) is 1.85. The maximum atomic E-state index is 12.4. The minimum Gasteiger partial charge on any atom is -0.478 e. The Morgan fingerprint density at radius 3 is 2.71 bits per heavy atom. The van der Waals surface area contributed by atoms with Crippen LogP contribution in [0.15, 0.2) is 30.3 Å². The molecule has 0 spiro atoms. The maximum Gasteiger partial charge on any atom is 0.328 e. The molecule has 0 aliphatic rings. The Balaban J connectivity index is 2.80. The second-order valence-electron chi connectivity index (χ2n) is 4.38. The molecule has 0 aliphatic carbocycles. The summed E-state index contributed by atoms with van der Waals surface area (Å²) in [6, 6.07) is 6.91. The van der Waals surface area contributed by atoms with Crippen LogP contribution in [-0.4, -0.2) is 48.2 Å². The van der Waals surface area contributed by atoms with E-state index in [9.17, 15) is 9.59 Å². The zero-order valence-corrected chi connectivity index (χ0v) is 12.4. The van der Waals surface area contributed by atoms with Crippen LogP contribution >= 0.6 is 0 Å². The van der Waals surface area contributed by atoms with E-state index in [4.69, 9.17) is 9.84 Å². The molecule has 1 amide bonds. The summed E-state index contributed by atoms with van der Waals surface area (Å²) in [4.78, 5) is 24.6. The Kier molecular flexibility index (Phi) is 7.18. The van der Waals surface area contributed by atoms with Gasteiger partial charge >= 0.3 is 5.97 Å². The first-order valence-electron chi connectivity index (χ1n) is 6.96. The minimum atomic E-state index is -1.02. The molecule has 0 radical (unpaired) electrons. The van der Waals surface area contributed by atoms with Crippen molar-refractivity contribution in [2.75, 3.05) is 26.3 Å². The molecule has 1 aromatic carbocycles. The summed E-state index contributed by atoms with van der Waals surface area (Å²) in [5, 5.41) is 8.62. The summed E-state index contributed by atoms with van der Waals surface area (Å²) in [5.74, 6) is -1.10. The number of carboxylic acid groups (broad SMARTS) is 1. The highest BCUT2D eigenvalue weighted by atomic mass is 16.5. The number of carbonyl (C=O) groups is 2. The number of hydrogen-bond acceptors (Lipinski definition) is 3. The van der Waals surface area contributed by atoms with E-state index in [2.05, 4.69) is 0 Å². The molecule has 0 atom stereocenters. The van der Waals surface area contributed by atoms with Crippen molar-refractivity contribution in [1.82, 2.24) is 4.90 Å². The SMILES string of the molecule is CCOCCN(CC)C(=O)c1cccc(C=CC(=O)O)c1. The molecule has 0 fully saturated rings. The van der Waals surface area contributed by atoms with E-state index < -0.39 is 5.97 Å². The zero-order chi connectivity index (χ0) is 15.7. The van der Waals surface area contributed by atoms with Crippen LogP contribution in [0.3, 0.4) is 0 Å². The lowest BCUT2D eigenvalue weighted by Crippen LogP contribution is -2.33. The molecular formula is C16H21NO4. The monoisotopic (exact) mass is 291 g/mol. The number of benzene rings is 1. The lowest BCUT2D eigenvalue weighted by Gasteiger charge is -2.21. The molecule has 5 heteroatoms. The summed E-state index contributed by atoms with van der Waals surface area (Å²) in [7, 11) is 0. The van der Waals surface area contributed by atoms with Gasteiger partial charge in [0.05, 0.1) is 6.61 Å². The summed E-state index contributed by atoms with van der Waals surface area (Å²) >= 11 is 0. The average Bonchev–Trinajstić information content (AvgIpc) is 2.49. The highest BCUT2D eigenvalue weighted by Crippen LogP contribution is 2.10. The van der Waals surface area contributed by atoms with Gasteiger partial charge in [0.1, 0.15) is 0 Å². The van der Waals surface area contributed by atoms with Gasteiger partial charge in [-0.1, -0.05) is 12.1 Å². The lowest BCUT2D eigenvalue weighted by molar-refractivity contribution is -0.131. The number of hydrogen-bond donors (Lipinski definition) is 1. The minimum absolute atomic E-state index is 0.0808. The lowest BCUT2D eigenvalue weighted by atomic mass is 10.1. The molecule has 0 bridgehead atoms. The van der Waals surface area contributed by atoms with Gasteiger partial charge in [0.25, 0.3) is 5.91 Å². The molecule has 0 aliphatic heterocycles. The Morgan fingerprint density at radius 2 is 2.10 bits per heavy atom. The molecule has 0 saturated heterocycles. The van der Waals surface area contributed by atoms with Crippen molar-refractivity contribution < 1.29 is 19.4 Å². The topological polar surface area (TPSA) is 66.8 Å². The van der Waals surface area contributed by atoms with Crippen molar-refractivity contribution in [3.05, 3.63) is 41.5 Å². The van der Waals surface area contributed by atoms with Crippen molar-refractivity contribution in [2.24, 2.45) is 0 Å². The van der Waals surface area contributed by atoms with Gasteiger partial charge in [-0.05, 0) is 37.6 Å². The standard InChI is InChI=1S/C16H21NO4/c1-3-17(10-11-21-4-2)16(20)14-7-5-6-13(12-14)8-9-15(18)19/h5-9,12H,3-4,10-11H2,1-2H3,(H,18,19). The Hall–Kier alpha value is -2.14. The summed E-state index contributed by atoms with van der Waals surface area (Å²) in [6.45, 7) is 6.10. The van der Waals surface area contributed by atoms with Crippen molar-refractivity contribution in [3.63, 3.8) is 0 Å². The normalized spacial score (nSPS) is 10.8. The van der Waals surface area contributed by atoms with Gasteiger partial charge in [0.2, 0.25) is 0 Å². The smallest absolute Gasteiger partial charge is 0.328 e. The number of rotatable bonds is 8. The van der Waals surface area contributed by atoms with Crippen LogP contribution in [-0.2, 0) is 9.53 Å². The molecular weight excluding hydrogens is 270 g/mol. The number of ether oxygens (including phenoxy) is 1. The van der Waals surface area contributed by atoms with E-state index in [1.54, 1.807) is 29.2 Å². The molecule has 21 heavy (non-hydrogen) atoms. The molecule has 5 nitrogen and oxygen atoms in total. The van der Waals surface area contributed by atoms with Crippen molar-refractivity contribution in [2.45, 2.75) is 13.8 Å². The van der Waals surface area contributed by atoms with Gasteiger partial charge < -0.3 is 14.7 Å². The number of carbonyl (C=O) groups excluding carboxylic acids is 1. The molecule has 0 saturated carbocycles. The van der Waals surface area contributed by atoms with Crippen molar-refractivity contribution in [3.8, 4) is 0 Å². The molecule has 1 rings (SSSR count). The van der Waals surface area contributed by atoms with Gasteiger partial charge in [0.15, 0.2) is 0 Å². The van der Waals surface area contributed by atoms with Gasteiger partial charge in [-0.2, -0.15) is 0 Å². The van der Waals surface area contributed by atoms with E-state index in [1.807, 2.05) is 13.8 Å². The highest BCUT2D eigenvalue weighted by molar-refractivity contribution is 5.95. The van der Waals surface area contributed by atoms with E-state index in [1.165, 1.54) is 6.08 Å². The third kappa shape index (κ3) is 5.79. The summed E-state index contributed by atoms with van der Waals surface area (Å²) in [6.07, 6.45) is 2.52. The van der Waals surface area contributed by atoms with Crippen LogP contribution in [0.4, 0.5) is 0 Å². The molecule has 0 unspecified atom stereocenters. The van der Waals surface area contributed by atoms with Crippen molar-refractivity contribution in [1.29, 1.82) is 0 Å². The third-order valence-corrected chi connectivity index (χ3v) is 2.93. The number of amides is 1. The van der Waals surface area contributed by atoms with E-state index in [-0.39, 0.29) is 5.91 Å². The van der Waals surface area contributed by atoms with Crippen LogP contribution in [0.25, 0.3) is 6.08 Å². The first-order valence-corrected chi connectivity index (χ1v) is 6.96. The largest absolute Gasteiger partial charge is 0.478 e. The molecule has 1 N–H and O–H groups in total. The maximum absolute atomic E-state index is 12.4. The molecule has 114 valence electrons. The fourth-order valence-electron chi connectivity index (χ4n) is 1.85. The Bertz CT molecular complexity index is 511. The first kappa shape index (κ1) is 16.9. The van der Waals surface area contributed by atoms with Crippen molar-refractivity contribution >= 4 is 18.0 Å². The second kappa shape index (κ2) is 8.92. The van der Waals surface area contributed by atoms with E-state index in [0.717, 1.165) is 6.08 Å². The van der Waals surface area contributed by atoms with E-state index in [0.29, 0.717) is 37.4 Å². The summed E-state index contributed by atoms with van der Waals surface area (Å²) < 4.78 is 5.27. The van der Waals surface area contributed by atoms with Gasteiger partial charge in [0, 0.05) is 31.3 Å². The first-order chi connectivity index (χ1) is 10.1. The van der Waals surface area contributed by atoms with Crippen LogP contribution in [0.5, 0.6) is 0 Å². The Morgan fingerprint density at radius 1 is 1.33 bits per heavy atom. The molecule has 1 aromatic rings. The van der Waals surface area contributed by atoms with Gasteiger partial charge in [-0.25, -0.2) is 4.79 Å². The predicted octanol–water partition coefficient (Wildman–Crippen LogP) is 2.28. The predicted molar refractivity (Wildman–Crippen MR) is 81.2 cm³/mol. The van der Waals surface area contributed by atoms with Crippen LogP contribution in [0, 0.1) is 0 Å². The third-order valence-electron chi connectivity index (χ3n) is 2.93. The number of likely N-dealkylation sites (N-methyl/N-ethyl adjacent to an activating group) is 1. The second-order valence-corrected chi connectivity index (χ2v) is 4.38. The molecule has 0 aromatic heterocycles. The number of carboxylic acids is 1. The van der Waals surface area contributed by atoms with Crippen LogP contribution in [0.2, 0.25) is 0 Å². The van der Waals surface area contributed by atoms with E-state index >= 15 is 0 Å². The van der Waals surface area contributed by atoms with Crippen LogP contribution < -0.4 is 0 Å². The quantitative estimate of drug-likeness (QED) is 0.589. The van der Waals surface area contributed by atoms with Gasteiger partial charge in [-0.3, -0.25) is 4.79 Å². The average molecular weight is 291 g/mol. The zero-order valence-electron chi connectivity index (χ0n) is 12.4. The summed E-state index contributed by atoms with van der Waals surface area (Å²) in [5.41, 5.74) is 1.23.